The molecule has 0 amide bonds. The molecule has 0 spiro atoms. The predicted octanol–water partition coefficient (Wildman–Crippen LogP) is 12.9. The van der Waals surface area contributed by atoms with Gasteiger partial charge in [0.2, 0.25) is 0 Å². The van der Waals surface area contributed by atoms with Crippen molar-refractivity contribution in [1.29, 1.82) is 0 Å². The Kier molecular flexibility index (Phi) is 5.39. The quantitative estimate of drug-likeness (QED) is 0.188. The van der Waals surface area contributed by atoms with Crippen molar-refractivity contribution in [3.63, 3.8) is 0 Å². The van der Waals surface area contributed by atoms with E-state index in [9.17, 15) is 0 Å². The monoisotopic (exact) mass is 607 g/mol. The number of thiophene rings is 2. The number of para-hydroxylation sites is 2. The third kappa shape index (κ3) is 3.72. The maximum Gasteiger partial charge on any atom is 0.0727 e. The van der Waals surface area contributed by atoms with Crippen LogP contribution in [0.2, 0.25) is 0 Å². The number of fused-ring (bicyclic) bond motifs is 10. The second-order valence-corrected chi connectivity index (χ2v) is 13.8. The van der Waals surface area contributed by atoms with Crippen molar-refractivity contribution in [1.82, 2.24) is 4.57 Å². The SMILES string of the molecule is c1ccc(-n2c3ccccc3c3sc4c(-c5ccc(-c6ccc7c(c6)sc6ccc8ccccc8c67)cc5)cccc4c32)cc1. The molecule has 0 N–H and O–H groups in total. The third-order valence-corrected chi connectivity index (χ3v) is 11.6. The van der Waals surface area contributed by atoms with Gasteiger partial charge in [-0.05, 0) is 63.4 Å². The summed E-state index contributed by atoms with van der Waals surface area (Å²) in [5, 5.41) is 7.97. The van der Waals surface area contributed by atoms with Crippen LogP contribution in [0, 0.1) is 0 Å². The molecular weight excluding hydrogens is 583 g/mol. The Morgan fingerprint density at radius 2 is 1.16 bits per heavy atom. The zero-order chi connectivity index (χ0) is 29.5. The molecule has 0 saturated heterocycles. The van der Waals surface area contributed by atoms with Gasteiger partial charge in [-0.3, -0.25) is 0 Å². The molecule has 0 bridgehead atoms. The van der Waals surface area contributed by atoms with Crippen molar-refractivity contribution in [2.24, 2.45) is 0 Å². The van der Waals surface area contributed by atoms with E-state index in [-0.39, 0.29) is 0 Å². The van der Waals surface area contributed by atoms with Gasteiger partial charge < -0.3 is 4.57 Å². The van der Waals surface area contributed by atoms with E-state index < -0.39 is 0 Å². The summed E-state index contributed by atoms with van der Waals surface area (Å²) < 4.78 is 7.80. The van der Waals surface area contributed by atoms with E-state index in [2.05, 4.69) is 156 Å². The van der Waals surface area contributed by atoms with E-state index >= 15 is 0 Å². The minimum atomic E-state index is 1.20. The molecule has 0 fully saturated rings. The zero-order valence-corrected chi connectivity index (χ0v) is 25.8. The van der Waals surface area contributed by atoms with E-state index in [4.69, 9.17) is 0 Å². The van der Waals surface area contributed by atoms with E-state index in [1.807, 2.05) is 22.7 Å². The molecule has 0 atom stereocenters. The van der Waals surface area contributed by atoms with Gasteiger partial charge in [0.25, 0.3) is 0 Å². The summed E-state index contributed by atoms with van der Waals surface area (Å²) in [7, 11) is 0. The van der Waals surface area contributed by atoms with Gasteiger partial charge in [0, 0.05) is 41.3 Å². The van der Waals surface area contributed by atoms with Gasteiger partial charge in [0.1, 0.15) is 0 Å². The number of aromatic nitrogens is 1. The maximum atomic E-state index is 2.43. The Balaban J connectivity index is 1.09. The molecule has 3 heterocycles. The first-order chi connectivity index (χ1) is 22.3. The van der Waals surface area contributed by atoms with Crippen LogP contribution >= 0.6 is 22.7 Å². The molecule has 1 nitrogen and oxygen atoms in total. The molecule has 0 aliphatic heterocycles. The van der Waals surface area contributed by atoms with Crippen LogP contribution in [-0.4, -0.2) is 4.57 Å². The Morgan fingerprint density at radius 3 is 2.04 bits per heavy atom. The Morgan fingerprint density at radius 1 is 0.422 bits per heavy atom. The average molecular weight is 608 g/mol. The average Bonchev–Trinajstić information content (AvgIpc) is 3.77. The second-order valence-electron chi connectivity index (χ2n) is 11.7. The van der Waals surface area contributed by atoms with Crippen LogP contribution < -0.4 is 0 Å². The number of nitrogens with zero attached hydrogens (tertiary/aromatic N) is 1. The van der Waals surface area contributed by atoms with Crippen molar-refractivity contribution >= 4 is 84.8 Å². The summed E-state index contributed by atoms with van der Waals surface area (Å²) in [6, 6.07) is 55.6. The van der Waals surface area contributed by atoms with Crippen LogP contribution in [0.4, 0.5) is 0 Å². The summed E-state index contributed by atoms with van der Waals surface area (Å²) in [5.74, 6) is 0. The van der Waals surface area contributed by atoms with Crippen molar-refractivity contribution in [3.05, 3.63) is 152 Å². The minimum Gasteiger partial charge on any atom is -0.308 e. The van der Waals surface area contributed by atoms with Gasteiger partial charge in [0.15, 0.2) is 0 Å². The molecule has 7 aromatic carbocycles. The fourth-order valence-electron chi connectivity index (χ4n) is 7.13. The Bertz CT molecular complexity index is 2740. The van der Waals surface area contributed by atoms with E-state index in [1.54, 1.807) is 0 Å². The van der Waals surface area contributed by atoms with E-state index in [1.165, 1.54) is 90.1 Å². The number of hydrogen-bond acceptors (Lipinski definition) is 2. The summed E-state index contributed by atoms with van der Waals surface area (Å²) in [6.45, 7) is 0. The van der Waals surface area contributed by atoms with Crippen LogP contribution in [0.15, 0.2) is 152 Å². The van der Waals surface area contributed by atoms with Crippen LogP contribution in [0.1, 0.15) is 0 Å². The van der Waals surface area contributed by atoms with Gasteiger partial charge in [0.05, 0.1) is 15.7 Å². The second kappa shape index (κ2) is 9.64. The number of rotatable bonds is 3. The highest BCUT2D eigenvalue weighted by atomic mass is 32.1. The largest absolute Gasteiger partial charge is 0.308 e. The molecular formula is C42H25NS2. The van der Waals surface area contributed by atoms with E-state index in [0.717, 1.165) is 0 Å². The first-order valence-electron chi connectivity index (χ1n) is 15.3. The standard InChI is InChI=1S/C42H25NS2/c1-2-10-30(11-3-1)43-36-16-7-6-13-33(36)42-40(43)35-15-8-14-32(41(35)45-42)28-19-17-26(18-20-28)29-21-23-34-38(25-29)44-37-24-22-27-9-4-5-12-31(27)39(34)37/h1-25H. The van der Waals surface area contributed by atoms with Gasteiger partial charge in [-0.25, -0.2) is 0 Å². The van der Waals surface area contributed by atoms with Crippen LogP contribution in [-0.2, 0) is 0 Å². The third-order valence-electron chi connectivity index (χ3n) is 9.21. The van der Waals surface area contributed by atoms with Crippen LogP contribution in [0.5, 0.6) is 0 Å². The summed E-state index contributed by atoms with van der Waals surface area (Å²) >= 11 is 3.80. The van der Waals surface area contributed by atoms with Crippen molar-refractivity contribution in [2.45, 2.75) is 0 Å². The molecule has 10 rings (SSSR count). The molecule has 210 valence electrons. The lowest BCUT2D eigenvalue weighted by Crippen LogP contribution is -1.92. The van der Waals surface area contributed by atoms with Gasteiger partial charge >= 0.3 is 0 Å². The molecule has 3 aromatic heterocycles. The summed E-state index contributed by atoms with van der Waals surface area (Å²) in [6.07, 6.45) is 0. The zero-order valence-electron chi connectivity index (χ0n) is 24.2. The molecule has 0 aliphatic carbocycles. The van der Waals surface area contributed by atoms with Crippen molar-refractivity contribution in [3.8, 4) is 27.9 Å². The highest BCUT2D eigenvalue weighted by Crippen LogP contribution is 2.46. The topological polar surface area (TPSA) is 4.93 Å². The highest BCUT2D eigenvalue weighted by molar-refractivity contribution is 7.27. The Hall–Kier alpha value is -5.22. The molecule has 10 aromatic rings. The lowest BCUT2D eigenvalue weighted by Gasteiger charge is -2.09. The summed E-state index contributed by atoms with van der Waals surface area (Å²) in [5.41, 5.74) is 8.79. The lowest BCUT2D eigenvalue weighted by molar-refractivity contribution is 1.19. The van der Waals surface area contributed by atoms with Crippen molar-refractivity contribution in [2.75, 3.05) is 0 Å². The minimum absolute atomic E-state index is 1.20. The normalized spacial score (nSPS) is 12.0. The first-order valence-corrected chi connectivity index (χ1v) is 16.9. The van der Waals surface area contributed by atoms with Crippen LogP contribution in [0.25, 0.3) is 90.1 Å². The van der Waals surface area contributed by atoms with Crippen molar-refractivity contribution < 1.29 is 0 Å². The number of benzene rings is 7. The fraction of sp³-hybridized carbons (Fsp3) is 0. The first kappa shape index (κ1) is 25.1. The van der Waals surface area contributed by atoms with Gasteiger partial charge in [-0.2, -0.15) is 0 Å². The fourth-order valence-corrected chi connectivity index (χ4v) is 9.65. The van der Waals surface area contributed by atoms with Crippen LogP contribution in [0.3, 0.4) is 0 Å². The molecule has 0 unspecified atom stereocenters. The predicted molar refractivity (Wildman–Crippen MR) is 197 cm³/mol. The molecule has 3 heteroatoms. The highest BCUT2D eigenvalue weighted by Gasteiger charge is 2.19. The maximum absolute atomic E-state index is 2.43. The molecule has 0 aliphatic rings. The lowest BCUT2D eigenvalue weighted by atomic mass is 9.98. The number of hydrogen-bond donors (Lipinski definition) is 0. The van der Waals surface area contributed by atoms with Gasteiger partial charge in [-0.15, -0.1) is 22.7 Å². The molecule has 0 saturated carbocycles. The smallest absolute Gasteiger partial charge is 0.0727 e. The Labute approximate surface area is 267 Å². The summed E-state index contributed by atoms with van der Waals surface area (Å²) in [4.78, 5) is 0. The molecule has 0 radical (unpaired) electrons. The van der Waals surface area contributed by atoms with E-state index in [0.29, 0.717) is 0 Å². The van der Waals surface area contributed by atoms with Gasteiger partial charge in [-0.1, -0.05) is 121 Å². The molecule has 45 heavy (non-hydrogen) atoms.